The van der Waals surface area contributed by atoms with E-state index >= 15 is 0 Å². The molecule has 0 N–H and O–H groups in total. The molecule has 1 aliphatic heterocycles. The minimum absolute atomic E-state index is 0.766. The number of rotatable bonds is 9. The van der Waals surface area contributed by atoms with E-state index in [1.54, 1.807) is 0 Å². The summed E-state index contributed by atoms with van der Waals surface area (Å²) in [6.07, 6.45) is 6.65. The summed E-state index contributed by atoms with van der Waals surface area (Å²) in [5.41, 5.74) is 5.77. The van der Waals surface area contributed by atoms with Crippen molar-refractivity contribution in [1.82, 2.24) is 9.80 Å². The lowest BCUT2D eigenvalue weighted by Gasteiger charge is -2.34. The van der Waals surface area contributed by atoms with E-state index in [-0.39, 0.29) is 0 Å². The molecule has 0 bridgehead atoms. The molecule has 1 heterocycles. The molecule has 2 rings (SSSR count). The third-order valence-corrected chi connectivity index (χ3v) is 3.74. The highest BCUT2D eigenvalue weighted by Crippen LogP contribution is 2.05. The Morgan fingerprint density at radius 3 is 2.48 bits per heavy atom. The van der Waals surface area contributed by atoms with Gasteiger partial charge in [0.25, 0.3) is 0 Å². The molecule has 1 fully saturated rings. The van der Waals surface area contributed by atoms with Crippen LogP contribution in [0.3, 0.4) is 0 Å². The van der Waals surface area contributed by atoms with Crippen LogP contribution in [-0.2, 0) is 9.47 Å². The zero-order chi connectivity index (χ0) is 14.8. The number of piperazine rings is 1. The topological polar surface area (TPSA) is 24.9 Å². The Hall–Kier alpha value is -1.28. The quantitative estimate of drug-likeness (QED) is 0.478. The molecule has 4 nitrogen and oxygen atoms in total. The lowest BCUT2D eigenvalue weighted by molar-refractivity contribution is 0.0778. The summed E-state index contributed by atoms with van der Waals surface area (Å²) in [5.74, 6) is 0.884. The molecule has 0 atom stereocenters. The van der Waals surface area contributed by atoms with Gasteiger partial charge in [-0.25, -0.2) is 0 Å². The molecule has 0 radical (unpaired) electrons. The second-order valence-corrected chi connectivity index (χ2v) is 5.25. The minimum atomic E-state index is 0.766. The molecule has 0 aromatic rings. The van der Waals surface area contributed by atoms with Crippen molar-refractivity contribution in [2.45, 2.75) is 13.3 Å². The van der Waals surface area contributed by atoms with Crippen LogP contribution < -0.4 is 0 Å². The largest absolute Gasteiger partial charge is 0.493 e. The first kappa shape index (κ1) is 16.1. The summed E-state index contributed by atoms with van der Waals surface area (Å²) in [5, 5.41) is 0. The zero-order valence-electron chi connectivity index (χ0n) is 13.0. The van der Waals surface area contributed by atoms with Gasteiger partial charge in [0.15, 0.2) is 0 Å². The van der Waals surface area contributed by atoms with Crippen LogP contribution in [0, 0.1) is 0 Å². The van der Waals surface area contributed by atoms with Gasteiger partial charge < -0.3 is 14.4 Å². The van der Waals surface area contributed by atoms with Crippen LogP contribution >= 0.6 is 0 Å². The molecule has 0 spiro atoms. The highest BCUT2D eigenvalue weighted by atomic mass is 16.5. The van der Waals surface area contributed by atoms with E-state index in [0.717, 1.165) is 71.3 Å². The molecule has 1 saturated heterocycles. The van der Waals surface area contributed by atoms with Crippen molar-refractivity contribution in [3.63, 3.8) is 0 Å². The van der Waals surface area contributed by atoms with Gasteiger partial charge in [-0.2, -0.15) is 0 Å². The molecule has 0 aromatic carbocycles. The van der Waals surface area contributed by atoms with E-state index in [9.17, 15) is 0 Å². The van der Waals surface area contributed by atoms with E-state index in [0.29, 0.717) is 0 Å². The SMILES string of the molecule is CCOCCN1CCN(CCCOC2=CC=C=C=C2)CC1. The van der Waals surface area contributed by atoms with Crippen molar-refractivity contribution in [3.8, 4) is 0 Å². The zero-order valence-corrected chi connectivity index (χ0v) is 13.0. The highest BCUT2D eigenvalue weighted by molar-refractivity contribution is 5.21. The summed E-state index contributed by atoms with van der Waals surface area (Å²) < 4.78 is 11.1. The first-order chi connectivity index (χ1) is 10.4. The molecule has 0 aromatic heterocycles. The van der Waals surface area contributed by atoms with Crippen molar-refractivity contribution >= 4 is 0 Å². The number of hydrogen-bond acceptors (Lipinski definition) is 4. The van der Waals surface area contributed by atoms with Crippen LogP contribution in [0.4, 0.5) is 0 Å². The van der Waals surface area contributed by atoms with Gasteiger partial charge in [-0.3, -0.25) is 4.90 Å². The molecule has 4 heteroatoms. The second-order valence-electron chi connectivity index (χ2n) is 5.25. The van der Waals surface area contributed by atoms with Gasteiger partial charge in [-0.15, -0.1) is 0 Å². The van der Waals surface area contributed by atoms with Crippen molar-refractivity contribution in [2.75, 3.05) is 59.1 Å². The summed E-state index contributed by atoms with van der Waals surface area (Å²) in [7, 11) is 0. The average molecular weight is 290 g/mol. The Labute approximate surface area is 128 Å². The van der Waals surface area contributed by atoms with Crippen LogP contribution in [0.25, 0.3) is 0 Å². The molecule has 0 saturated carbocycles. The van der Waals surface area contributed by atoms with Crippen molar-refractivity contribution in [2.24, 2.45) is 0 Å². The Kier molecular flexibility index (Phi) is 7.37. The summed E-state index contributed by atoms with van der Waals surface area (Å²) in [4.78, 5) is 5.00. The standard InChI is InChI=1S/C17H26N2O2/c1-2-20-16-14-19-12-10-18(11-13-19)9-6-15-21-17-7-4-3-5-8-17/h4,7-8H,2,6,9-16H2,1H3. The van der Waals surface area contributed by atoms with Crippen LogP contribution in [0.5, 0.6) is 0 Å². The van der Waals surface area contributed by atoms with Gasteiger partial charge in [-0.1, -0.05) is 11.5 Å². The minimum Gasteiger partial charge on any atom is -0.493 e. The molecule has 2 aliphatic rings. The van der Waals surface area contributed by atoms with Gasteiger partial charge in [0.2, 0.25) is 0 Å². The fourth-order valence-electron chi connectivity index (χ4n) is 2.48. The molecule has 21 heavy (non-hydrogen) atoms. The number of hydrogen-bond donors (Lipinski definition) is 0. The molecule has 0 amide bonds. The summed E-state index contributed by atoms with van der Waals surface area (Å²) in [6.45, 7) is 11.3. The Morgan fingerprint density at radius 2 is 1.81 bits per heavy atom. The van der Waals surface area contributed by atoms with Crippen LogP contribution in [-0.4, -0.2) is 68.9 Å². The van der Waals surface area contributed by atoms with E-state index in [1.807, 2.05) is 25.2 Å². The maximum atomic E-state index is 5.68. The van der Waals surface area contributed by atoms with Crippen molar-refractivity contribution in [3.05, 3.63) is 35.4 Å². The van der Waals surface area contributed by atoms with Gasteiger partial charge in [0, 0.05) is 52.0 Å². The van der Waals surface area contributed by atoms with Crippen LogP contribution in [0.15, 0.2) is 35.4 Å². The van der Waals surface area contributed by atoms with Gasteiger partial charge in [0.1, 0.15) is 5.76 Å². The normalized spacial score (nSPS) is 19.0. The molecular weight excluding hydrogens is 264 g/mol. The fourth-order valence-corrected chi connectivity index (χ4v) is 2.48. The second kappa shape index (κ2) is 9.62. The summed E-state index contributed by atoms with van der Waals surface area (Å²) in [6, 6.07) is 0. The summed E-state index contributed by atoms with van der Waals surface area (Å²) >= 11 is 0. The predicted octanol–water partition coefficient (Wildman–Crippen LogP) is 1.81. The third-order valence-electron chi connectivity index (χ3n) is 3.74. The smallest absolute Gasteiger partial charge is 0.128 e. The van der Waals surface area contributed by atoms with Crippen molar-refractivity contribution in [1.29, 1.82) is 0 Å². The lowest BCUT2D eigenvalue weighted by Crippen LogP contribution is -2.47. The maximum Gasteiger partial charge on any atom is 0.128 e. The molecular formula is C17H26N2O2. The van der Waals surface area contributed by atoms with Crippen molar-refractivity contribution < 1.29 is 9.47 Å². The first-order valence-electron chi connectivity index (χ1n) is 7.91. The highest BCUT2D eigenvalue weighted by Gasteiger charge is 2.15. The Bertz CT molecular complexity index is 424. The third kappa shape index (κ3) is 6.34. The van der Waals surface area contributed by atoms with Crippen LogP contribution in [0.2, 0.25) is 0 Å². The molecule has 0 unspecified atom stereocenters. The fraction of sp³-hybridized carbons (Fsp3) is 0.647. The van der Waals surface area contributed by atoms with E-state index in [2.05, 4.69) is 21.3 Å². The molecule has 1 aliphatic carbocycles. The van der Waals surface area contributed by atoms with Gasteiger partial charge >= 0.3 is 0 Å². The average Bonchev–Trinajstić information content (AvgIpc) is 2.54. The number of ether oxygens (including phenoxy) is 2. The number of nitrogens with zero attached hydrogens (tertiary/aromatic N) is 2. The first-order valence-corrected chi connectivity index (χ1v) is 7.91. The van der Waals surface area contributed by atoms with Gasteiger partial charge in [-0.05, 0) is 25.5 Å². The maximum absolute atomic E-state index is 5.68. The Balaban J connectivity index is 1.50. The Morgan fingerprint density at radius 1 is 1.05 bits per heavy atom. The van der Waals surface area contributed by atoms with E-state index in [1.165, 1.54) is 0 Å². The van der Waals surface area contributed by atoms with Gasteiger partial charge in [0.05, 0.1) is 13.2 Å². The van der Waals surface area contributed by atoms with E-state index in [4.69, 9.17) is 9.47 Å². The monoisotopic (exact) mass is 290 g/mol. The predicted molar refractivity (Wildman–Crippen MR) is 84.2 cm³/mol. The number of allylic oxidation sites excluding steroid dienone is 3. The van der Waals surface area contributed by atoms with Crippen LogP contribution in [0.1, 0.15) is 13.3 Å². The van der Waals surface area contributed by atoms with E-state index < -0.39 is 0 Å². The lowest BCUT2D eigenvalue weighted by atomic mass is 10.3. The molecule has 116 valence electrons.